The minimum atomic E-state index is 0.0906. The van der Waals surface area contributed by atoms with Gasteiger partial charge in [-0.1, -0.05) is 6.07 Å². The average molecular weight is 410 g/mol. The summed E-state index contributed by atoms with van der Waals surface area (Å²) in [5.41, 5.74) is 3.64. The fourth-order valence-corrected chi connectivity index (χ4v) is 5.52. The van der Waals surface area contributed by atoms with E-state index in [1.807, 2.05) is 23.4 Å². The van der Waals surface area contributed by atoms with E-state index in [2.05, 4.69) is 32.7 Å². The molecule has 5 rings (SSSR count). The van der Waals surface area contributed by atoms with Crippen LogP contribution >= 0.6 is 11.3 Å². The van der Waals surface area contributed by atoms with E-state index in [1.165, 1.54) is 11.4 Å². The number of carbonyl (C=O) groups is 1. The van der Waals surface area contributed by atoms with Crippen LogP contribution in [0.1, 0.15) is 64.9 Å². The molecule has 7 heteroatoms. The molecule has 3 aromatic rings. The van der Waals surface area contributed by atoms with Gasteiger partial charge in [-0.15, -0.1) is 11.3 Å². The number of fused-ring (bicyclic) bond motifs is 1. The Morgan fingerprint density at radius 3 is 2.86 bits per heavy atom. The number of rotatable bonds is 4. The molecule has 0 spiro atoms. The molecule has 2 fully saturated rings. The lowest BCUT2D eigenvalue weighted by atomic mass is 10.1. The number of aromatic nitrogens is 3. The summed E-state index contributed by atoms with van der Waals surface area (Å²) in [6.07, 6.45) is 9.61. The SMILES string of the molecule is Cc1cccn2c(CN3CCCC3c3nccs3)c(C(=O)N3CCCCC3)nc12. The van der Waals surface area contributed by atoms with Crippen LogP contribution in [0.15, 0.2) is 29.9 Å². The number of piperidine rings is 1. The summed E-state index contributed by atoms with van der Waals surface area (Å²) in [6.45, 7) is 5.51. The zero-order valence-electron chi connectivity index (χ0n) is 16.9. The molecule has 1 amide bonds. The van der Waals surface area contributed by atoms with Gasteiger partial charge in [-0.2, -0.15) is 0 Å². The lowest BCUT2D eigenvalue weighted by molar-refractivity contribution is 0.0716. The van der Waals surface area contributed by atoms with Gasteiger partial charge >= 0.3 is 0 Å². The quantitative estimate of drug-likeness (QED) is 0.652. The average Bonchev–Trinajstić information content (AvgIpc) is 3.49. The number of pyridine rings is 1. The molecular weight excluding hydrogens is 382 g/mol. The third-order valence-corrected chi connectivity index (χ3v) is 7.12. The number of imidazole rings is 1. The van der Waals surface area contributed by atoms with E-state index in [1.54, 1.807) is 11.3 Å². The zero-order valence-corrected chi connectivity index (χ0v) is 17.7. The van der Waals surface area contributed by atoms with Crippen LogP contribution < -0.4 is 0 Å². The minimum Gasteiger partial charge on any atom is -0.337 e. The number of hydrogen-bond acceptors (Lipinski definition) is 5. The van der Waals surface area contributed by atoms with Crippen molar-refractivity contribution in [2.45, 2.75) is 51.6 Å². The van der Waals surface area contributed by atoms with Gasteiger partial charge in [0.2, 0.25) is 0 Å². The second kappa shape index (κ2) is 7.88. The van der Waals surface area contributed by atoms with Gasteiger partial charge in [0.1, 0.15) is 10.7 Å². The predicted octanol–water partition coefficient (Wildman–Crippen LogP) is 4.06. The number of amides is 1. The van der Waals surface area contributed by atoms with Gasteiger partial charge in [0.25, 0.3) is 5.91 Å². The monoisotopic (exact) mass is 409 g/mol. The fraction of sp³-hybridized carbons (Fsp3) is 0.500. The van der Waals surface area contributed by atoms with Crippen molar-refractivity contribution < 1.29 is 4.79 Å². The van der Waals surface area contributed by atoms with E-state index in [0.29, 0.717) is 11.7 Å². The highest BCUT2D eigenvalue weighted by Gasteiger charge is 2.32. The highest BCUT2D eigenvalue weighted by Crippen LogP contribution is 2.35. The Morgan fingerprint density at radius 2 is 2.07 bits per heavy atom. The van der Waals surface area contributed by atoms with Crippen molar-refractivity contribution in [2.75, 3.05) is 19.6 Å². The molecule has 6 nitrogen and oxygen atoms in total. The van der Waals surface area contributed by atoms with Crippen molar-refractivity contribution in [1.29, 1.82) is 0 Å². The first kappa shape index (κ1) is 18.8. The van der Waals surface area contributed by atoms with Crippen molar-refractivity contribution in [1.82, 2.24) is 24.2 Å². The van der Waals surface area contributed by atoms with Gasteiger partial charge < -0.3 is 9.30 Å². The number of hydrogen-bond donors (Lipinski definition) is 0. The summed E-state index contributed by atoms with van der Waals surface area (Å²) in [5, 5.41) is 3.23. The summed E-state index contributed by atoms with van der Waals surface area (Å²) in [7, 11) is 0. The molecule has 29 heavy (non-hydrogen) atoms. The van der Waals surface area contributed by atoms with E-state index < -0.39 is 0 Å². The first-order valence-electron chi connectivity index (χ1n) is 10.6. The highest BCUT2D eigenvalue weighted by molar-refractivity contribution is 7.09. The Hall–Kier alpha value is -2.25. The molecule has 0 bridgehead atoms. The maximum absolute atomic E-state index is 13.4. The van der Waals surface area contributed by atoms with Crippen molar-refractivity contribution in [3.63, 3.8) is 0 Å². The highest BCUT2D eigenvalue weighted by atomic mass is 32.1. The number of likely N-dealkylation sites (tertiary alicyclic amines) is 2. The fourth-order valence-electron chi connectivity index (χ4n) is 4.71. The largest absolute Gasteiger partial charge is 0.337 e. The van der Waals surface area contributed by atoms with Crippen LogP contribution in [-0.2, 0) is 6.54 Å². The Kier molecular flexibility index (Phi) is 5.09. The number of nitrogens with zero attached hydrogens (tertiary/aromatic N) is 5. The van der Waals surface area contributed by atoms with Gasteiger partial charge in [-0.05, 0) is 57.2 Å². The molecule has 0 saturated carbocycles. The minimum absolute atomic E-state index is 0.0906. The van der Waals surface area contributed by atoms with Crippen LogP contribution in [-0.4, -0.2) is 49.7 Å². The maximum Gasteiger partial charge on any atom is 0.274 e. The summed E-state index contributed by atoms with van der Waals surface area (Å²) in [6, 6.07) is 4.45. The molecule has 0 radical (unpaired) electrons. The van der Waals surface area contributed by atoms with Crippen molar-refractivity contribution in [3.8, 4) is 0 Å². The maximum atomic E-state index is 13.4. The third kappa shape index (κ3) is 3.46. The second-order valence-corrected chi connectivity index (χ2v) is 9.07. The molecule has 3 aromatic heterocycles. The molecular formula is C22H27N5OS. The third-order valence-electron chi connectivity index (χ3n) is 6.24. The second-order valence-electron chi connectivity index (χ2n) is 8.14. The molecule has 1 atom stereocenters. The van der Waals surface area contributed by atoms with Crippen LogP contribution in [0.25, 0.3) is 5.65 Å². The van der Waals surface area contributed by atoms with Crippen molar-refractivity contribution in [3.05, 3.63) is 51.9 Å². The summed E-state index contributed by atoms with van der Waals surface area (Å²) in [5.74, 6) is 0.0906. The van der Waals surface area contributed by atoms with Gasteiger partial charge in [0.15, 0.2) is 5.69 Å². The molecule has 152 valence electrons. The molecule has 0 aliphatic carbocycles. The van der Waals surface area contributed by atoms with E-state index in [0.717, 1.165) is 68.8 Å². The Morgan fingerprint density at radius 1 is 1.21 bits per heavy atom. The molecule has 5 heterocycles. The Bertz CT molecular complexity index is 1010. The van der Waals surface area contributed by atoms with Gasteiger partial charge in [0.05, 0.1) is 11.7 Å². The molecule has 0 aromatic carbocycles. The molecule has 2 aliphatic heterocycles. The lowest BCUT2D eigenvalue weighted by Gasteiger charge is -2.27. The van der Waals surface area contributed by atoms with Crippen LogP contribution in [0, 0.1) is 6.92 Å². The van der Waals surface area contributed by atoms with E-state index in [9.17, 15) is 4.79 Å². The molecule has 1 unspecified atom stereocenters. The van der Waals surface area contributed by atoms with E-state index >= 15 is 0 Å². The molecule has 2 aliphatic rings. The van der Waals surface area contributed by atoms with E-state index in [4.69, 9.17) is 4.98 Å². The number of thiazole rings is 1. The lowest BCUT2D eigenvalue weighted by Crippen LogP contribution is -2.36. The van der Waals surface area contributed by atoms with Crippen LogP contribution in [0.3, 0.4) is 0 Å². The first-order valence-corrected chi connectivity index (χ1v) is 11.5. The zero-order chi connectivity index (χ0) is 19.8. The van der Waals surface area contributed by atoms with E-state index in [-0.39, 0.29) is 5.91 Å². The number of aryl methyl sites for hydroxylation is 1. The molecule has 2 saturated heterocycles. The topological polar surface area (TPSA) is 53.7 Å². The normalized spacial score (nSPS) is 20.6. The van der Waals surface area contributed by atoms with Crippen LogP contribution in [0.4, 0.5) is 0 Å². The van der Waals surface area contributed by atoms with Gasteiger partial charge in [-0.25, -0.2) is 9.97 Å². The predicted molar refractivity (Wildman–Crippen MR) is 114 cm³/mol. The van der Waals surface area contributed by atoms with Crippen molar-refractivity contribution >= 4 is 22.9 Å². The van der Waals surface area contributed by atoms with Gasteiger partial charge in [-0.3, -0.25) is 9.69 Å². The Labute approximate surface area is 175 Å². The van der Waals surface area contributed by atoms with Gasteiger partial charge in [0, 0.05) is 37.4 Å². The summed E-state index contributed by atoms with van der Waals surface area (Å²) in [4.78, 5) is 27.3. The smallest absolute Gasteiger partial charge is 0.274 e. The van der Waals surface area contributed by atoms with Crippen molar-refractivity contribution in [2.24, 2.45) is 0 Å². The standard InChI is InChI=1S/C22H27N5OS/c1-16-7-5-13-27-18(15-26-12-6-8-17(26)21-23-9-14-29-21)19(24-20(16)27)22(28)25-10-3-2-4-11-25/h5,7,9,13-14,17H,2-4,6,8,10-12,15H2,1H3. The molecule has 0 N–H and O–H groups in total. The Balaban J connectivity index is 1.53. The van der Waals surface area contributed by atoms with Crippen LogP contribution in [0.2, 0.25) is 0 Å². The summed E-state index contributed by atoms with van der Waals surface area (Å²) >= 11 is 1.73. The first-order chi connectivity index (χ1) is 14.2. The number of carbonyl (C=O) groups excluding carboxylic acids is 1. The van der Waals surface area contributed by atoms with Crippen LogP contribution in [0.5, 0.6) is 0 Å². The summed E-state index contributed by atoms with van der Waals surface area (Å²) < 4.78 is 2.13.